The number of aliphatic hydroxyl groups is 1. The van der Waals surface area contributed by atoms with Crippen LogP contribution in [0.2, 0.25) is 0 Å². The SMILES string of the molecule is CN(C)CCCN1C(=O)C(=O)C(=C(O)c2ccc3c(c2)OCCO3)[C@@H]1c1ccncc1. The van der Waals surface area contributed by atoms with Crippen LogP contribution in [0.1, 0.15) is 23.6 Å². The number of aromatic nitrogens is 1. The van der Waals surface area contributed by atoms with Crippen LogP contribution in [0.15, 0.2) is 48.3 Å². The molecule has 162 valence electrons. The maximum atomic E-state index is 13.0. The monoisotopic (exact) mass is 423 g/mol. The van der Waals surface area contributed by atoms with Crippen molar-refractivity contribution in [3.63, 3.8) is 0 Å². The minimum Gasteiger partial charge on any atom is -0.507 e. The quantitative estimate of drug-likeness (QED) is 0.433. The number of hydrogen-bond donors (Lipinski definition) is 1. The molecule has 2 aromatic rings. The minimum absolute atomic E-state index is 0.0673. The van der Waals surface area contributed by atoms with E-state index < -0.39 is 17.7 Å². The standard InChI is InChI=1S/C23H25N3O5/c1-25(2)10-3-11-26-20(15-6-8-24-9-7-15)19(22(28)23(26)29)21(27)16-4-5-17-18(14-16)31-13-12-30-17/h4-9,14,20,27H,3,10-13H2,1-2H3/t20-/m0/s1. The van der Waals surface area contributed by atoms with Crippen molar-refractivity contribution < 1.29 is 24.2 Å². The maximum Gasteiger partial charge on any atom is 0.295 e. The topological polar surface area (TPSA) is 92.2 Å². The molecule has 31 heavy (non-hydrogen) atoms. The Labute approximate surface area is 180 Å². The zero-order valence-corrected chi connectivity index (χ0v) is 17.6. The Kier molecular flexibility index (Phi) is 5.90. The van der Waals surface area contributed by atoms with Crippen LogP contribution in [0.25, 0.3) is 5.76 Å². The van der Waals surface area contributed by atoms with Crippen molar-refractivity contribution in [2.75, 3.05) is 40.4 Å². The van der Waals surface area contributed by atoms with Crippen LogP contribution in [0.3, 0.4) is 0 Å². The lowest BCUT2D eigenvalue weighted by molar-refractivity contribution is -0.139. The molecule has 0 saturated carbocycles. The number of aliphatic hydroxyl groups excluding tert-OH is 1. The molecule has 1 aromatic heterocycles. The number of likely N-dealkylation sites (tertiary alicyclic amines) is 1. The molecule has 1 saturated heterocycles. The van der Waals surface area contributed by atoms with Crippen LogP contribution in [0.5, 0.6) is 11.5 Å². The van der Waals surface area contributed by atoms with Gasteiger partial charge in [0.05, 0.1) is 11.6 Å². The first kappa shape index (κ1) is 20.9. The normalized spacial score (nSPS) is 19.8. The number of fused-ring (bicyclic) bond motifs is 1. The van der Waals surface area contributed by atoms with Crippen molar-refractivity contribution in [2.24, 2.45) is 0 Å². The van der Waals surface area contributed by atoms with Crippen LogP contribution in [0.4, 0.5) is 0 Å². The fourth-order valence-corrected chi connectivity index (χ4v) is 3.91. The molecule has 1 N–H and O–H groups in total. The van der Waals surface area contributed by atoms with Gasteiger partial charge in [-0.2, -0.15) is 0 Å². The van der Waals surface area contributed by atoms with Crippen molar-refractivity contribution in [2.45, 2.75) is 12.5 Å². The van der Waals surface area contributed by atoms with E-state index in [-0.39, 0.29) is 11.3 Å². The number of benzene rings is 1. The Morgan fingerprint density at radius 1 is 1.13 bits per heavy atom. The Bertz CT molecular complexity index is 1020. The summed E-state index contributed by atoms with van der Waals surface area (Å²) in [7, 11) is 3.91. The third-order valence-electron chi connectivity index (χ3n) is 5.38. The lowest BCUT2D eigenvalue weighted by Gasteiger charge is -2.26. The number of nitrogens with zero attached hydrogens (tertiary/aromatic N) is 3. The van der Waals surface area contributed by atoms with Gasteiger partial charge in [0.1, 0.15) is 19.0 Å². The number of carbonyl (C=O) groups excluding carboxylic acids is 2. The number of carbonyl (C=O) groups is 2. The summed E-state index contributed by atoms with van der Waals surface area (Å²) in [5, 5.41) is 11.1. The first-order valence-electron chi connectivity index (χ1n) is 10.2. The molecule has 1 fully saturated rings. The summed E-state index contributed by atoms with van der Waals surface area (Å²) in [6.07, 6.45) is 3.92. The highest BCUT2D eigenvalue weighted by Gasteiger charge is 2.45. The smallest absolute Gasteiger partial charge is 0.295 e. The van der Waals surface area contributed by atoms with Gasteiger partial charge in [0.15, 0.2) is 11.5 Å². The molecule has 0 radical (unpaired) electrons. The Morgan fingerprint density at radius 2 is 1.84 bits per heavy atom. The molecule has 0 unspecified atom stereocenters. The van der Waals surface area contributed by atoms with Gasteiger partial charge < -0.3 is 24.4 Å². The lowest BCUT2D eigenvalue weighted by Crippen LogP contribution is -2.32. The third-order valence-corrected chi connectivity index (χ3v) is 5.38. The fraction of sp³-hybridized carbons (Fsp3) is 0.348. The second kappa shape index (κ2) is 8.77. The van der Waals surface area contributed by atoms with Crippen LogP contribution < -0.4 is 9.47 Å². The van der Waals surface area contributed by atoms with E-state index in [1.165, 1.54) is 4.90 Å². The highest BCUT2D eigenvalue weighted by Crippen LogP contribution is 2.40. The first-order chi connectivity index (χ1) is 15.0. The minimum atomic E-state index is -0.695. The van der Waals surface area contributed by atoms with E-state index in [0.717, 1.165) is 12.1 Å². The first-order valence-corrected chi connectivity index (χ1v) is 10.2. The van der Waals surface area contributed by atoms with E-state index in [2.05, 4.69) is 4.98 Å². The van der Waals surface area contributed by atoms with Gasteiger partial charge in [-0.05, 0) is 63.0 Å². The van der Waals surface area contributed by atoms with Crippen LogP contribution in [-0.4, -0.2) is 72.0 Å². The van der Waals surface area contributed by atoms with Gasteiger partial charge in [-0.15, -0.1) is 0 Å². The number of rotatable bonds is 6. The Balaban J connectivity index is 1.76. The largest absolute Gasteiger partial charge is 0.507 e. The van der Waals surface area contributed by atoms with Crippen LogP contribution in [0, 0.1) is 0 Å². The molecule has 8 heteroatoms. The molecular weight excluding hydrogens is 398 g/mol. The van der Waals surface area contributed by atoms with Gasteiger partial charge in [0.2, 0.25) is 0 Å². The number of ketones is 1. The van der Waals surface area contributed by atoms with Crippen molar-refractivity contribution >= 4 is 17.4 Å². The molecule has 0 spiro atoms. The summed E-state index contributed by atoms with van der Waals surface area (Å²) in [5.74, 6) is -0.459. The van der Waals surface area contributed by atoms with E-state index in [1.54, 1.807) is 42.7 Å². The molecular formula is C23H25N3O5. The predicted molar refractivity (Wildman–Crippen MR) is 114 cm³/mol. The van der Waals surface area contributed by atoms with Gasteiger partial charge in [-0.3, -0.25) is 14.6 Å². The molecule has 1 atom stereocenters. The Morgan fingerprint density at radius 3 is 2.55 bits per heavy atom. The predicted octanol–water partition coefficient (Wildman–Crippen LogP) is 2.23. The van der Waals surface area contributed by atoms with Gasteiger partial charge in [-0.1, -0.05) is 0 Å². The zero-order chi connectivity index (χ0) is 22.0. The molecule has 2 aliphatic rings. The summed E-state index contributed by atoms with van der Waals surface area (Å²) in [4.78, 5) is 33.5. The van der Waals surface area contributed by atoms with Gasteiger partial charge in [-0.25, -0.2) is 0 Å². The van der Waals surface area contributed by atoms with Crippen molar-refractivity contribution in [3.05, 3.63) is 59.4 Å². The summed E-state index contributed by atoms with van der Waals surface area (Å²) < 4.78 is 11.1. The third kappa shape index (κ3) is 4.11. The van der Waals surface area contributed by atoms with Crippen LogP contribution in [-0.2, 0) is 9.59 Å². The average molecular weight is 423 g/mol. The number of amides is 1. The second-order valence-electron chi connectivity index (χ2n) is 7.79. The number of Topliss-reactive ketones (excluding diaryl/α,β-unsaturated/α-hetero) is 1. The molecule has 2 aliphatic heterocycles. The van der Waals surface area contributed by atoms with Crippen molar-refractivity contribution in [3.8, 4) is 11.5 Å². The van der Waals surface area contributed by atoms with Crippen molar-refractivity contribution in [1.29, 1.82) is 0 Å². The highest BCUT2D eigenvalue weighted by atomic mass is 16.6. The molecule has 0 aliphatic carbocycles. The van der Waals surface area contributed by atoms with E-state index in [1.807, 2.05) is 19.0 Å². The van der Waals surface area contributed by atoms with Crippen LogP contribution >= 0.6 is 0 Å². The molecule has 1 aromatic carbocycles. The van der Waals surface area contributed by atoms with Crippen molar-refractivity contribution in [1.82, 2.24) is 14.8 Å². The summed E-state index contributed by atoms with van der Waals surface area (Å²) in [5.41, 5.74) is 1.19. The van der Waals surface area contributed by atoms with E-state index in [0.29, 0.717) is 43.2 Å². The summed E-state index contributed by atoms with van der Waals surface area (Å²) >= 11 is 0. The molecule has 8 nitrogen and oxygen atoms in total. The Hall–Kier alpha value is -3.39. The maximum absolute atomic E-state index is 13.0. The summed E-state index contributed by atoms with van der Waals surface area (Å²) in [6, 6.07) is 7.81. The highest BCUT2D eigenvalue weighted by molar-refractivity contribution is 6.46. The second-order valence-corrected chi connectivity index (χ2v) is 7.79. The van der Waals surface area contributed by atoms with E-state index in [9.17, 15) is 14.7 Å². The molecule has 1 amide bonds. The zero-order valence-electron chi connectivity index (χ0n) is 17.6. The van der Waals surface area contributed by atoms with Gasteiger partial charge in [0.25, 0.3) is 11.7 Å². The number of ether oxygens (including phenoxy) is 2. The van der Waals surface area contributed by atoms with Gasteiger partial charge >= 0.3 is 0 Å². The average Bonchev–Trinajstić information content (AvgIpc) is 3.03. The summed E-state index contributed by atoms with van der Waals surface area (Å²) in [6.45, 7) is 2.03. The molecule has 0 bridgehead atoms. The fourth-order valence-electron chi connectivity index (χ4n) is 3.91. The molecule has 4 rings (SSSR count). The van der Waals surface area contributed by atoms with E-state index >= 15 is 0 Å². The lowest BCUT2D eigenvalue weighted by atomic mass is 9.95. The van der Waals surface area contributed by atoms with E-state index in [4.69, 9.17) is 9.47 Å². The number of hydrogen-bond acceptors (Lipinski definition) is 7. The molecule has 3 heterocycles. The number of pyridine rings is 1. The van der Waals surface area contributed by atoms with Gasteiger partial charge in [0, 0.05) is 24.5 Å².